The zero-order valence-electron chi connectivity index (χ0n) is 12.8. The van der Waals surface area contributed by atoms with E-state index < -0.39 is 0 Å². The summed E-state index contributed by atoms with van der Waals surface area (Å²) in [6.45, 7) is 1.52. The van der Waals surface area contributed by atoms with Crippen molar-refractivity contribution in [1.82, 2.24) is 4.90 Å². The molecule has 1 aliphatic rings. The van der Waals surface area contributed by atoms with Crippen molar-refractivity contribution >= 4 is 11.8 Å². The minimum absolute atomic E-state index is 0.0523. The van der Waals surface area contributed by atoms with Gasteiger partial charge in [-0.25, -0.2) is 0 Å². The topological polar surface area (TPSA) is 81.9 Å². The molecule has 6 heteroatoms. The first-order valence-corrected chi connectivity index (χ1v) is 7.44. The van der Waals surface area contributed by atoms with Crippen LogP contribution in [0, 0.1) is 5.92 Å². The van der Waals surface area contributed by atoms with Gasteiger partial charge in [0.05, 0.1) is 20.1 Å². The van der Waals surface area contributed by atoms with E-state index in [0.717, 1.165) is 5.75 Å². The molecule has 1 aliphatic heterocycles. The van der Waals surface area contributed by atoms with Gasteiger partial charge >= 0.3 is 0 Å². The third kappa shape index (κ3) is 4.38. The van der Waals surface area contributed by atoms with Gasteiger partial charge in [-0.15, -0.1) is 0 Å². The Morgan fingerprint density at radius 2 is 1.77 bits per heavy atom. The molecule has 1 saturated heterocycles. The van der Waals surface area contributed by atoms with Gasteiger partial charge in [0.15, 0.2) is 0 Å². The van der Waals surface area contributed by atoms with Gasteiger partial charge in [-0.2, -0.15) is 0 Å². The molecular formula is C16H22N2O4. The lowest BCUT2D eigenvalue weighted by Gasteiger charge is -2.30. The number of methoxy groups -OCH3 is 1. The molecule has 0 aliphatic carbocycles. The van der Waals surface area contributed by atoms with Crippen molar-refractivity contribution in [2.75, 3.05) is 26.8 Å². The average molecular weight is 306 g/mol. The summed E-state index contributed by atoms with van der Waals surface area (Å²) in [6.07, 6.45) is 1.63. The van der Waals surface area contributed by atoms with E-state index in [4.69, 9.17) is 15.2 Å². The number of benzene rings is 1. The fourth-order valence-electron chi connectivity index (χ4n) is 2.50. The summed E-state index contributed by atoms with van der Waals surface area (Å²) in [6, 6.07) is 7.24. The van der Waals surface area contributed by atoms with Crippen molar-refractivity contribution in [3.8, 4) is 11.5 Å². The van der Waals surface area contributed by atoms with Crippen molar-refractivity contribution < 1.29 is 19.1 Å². The number of carbonyl (C=O) groups is 2. The van der Waals surface area contributed by atoms with Crippen LogP contribution in [0.15, 0.2) is 24.3 Å². The third-order valence-corrected chi connectivity index (χ3v) is 3.89. The second kappa shape index (κ2) is 7.68. The number of amides is 2. The van der Waals surface area contributed by atoms with Gasteiger partial charge in [0.1, 0.15) is 11.5 Å². The molecule has 6 nitrogen and oxygen atoms in total. The molecule has 0 bridgehead atoms. The van der Waals surface area contributed by atoms with Crippen LogP contribution in [-0.4, -0.2) is 43.5 Å². The lowest BCUT2D eigenvalue weighted by molar-refractivity contribution is -0.135. The minimum Gasteiger partial charge on any atom is -0.497 e. The van der Waals surface area contributed by atoms with Gasteiger partial charge in [-0.05, 0) is 37.1 Å². The van der Waals surface area contributed by atoms with Crippen LogP contribution in [0.3, 0.4) is 0 Å². The quantitative estimate of drug-likeness (QED) is 0.856. The summed E-state index contributed by atoms with van der Waals surface area (Å²) in [7, 11) is 1.61. The van der Waals surface area contributed by atoms with E-state index in [-0.39, 0.29) is 17.7 Å². The highest BCUT2D eigenvalue weighted by atomic mass is 16.5. The SMILES string of the molecule is COc1ccc(OCCC(=O)N2CCC(C(N)=O)CC2)cc1. The first kappa shape index (κ1) is 16.1. The Bertz CT molecular complexity index is 507. The van der Waals surface area contributed by atoms with E-state index >= 15 is 0 Å². The molecule has 0 aromatic heterocycles. The summed E-state index contributed by atoms with van der Waals surface area (Å²) in [5.41, 5.74) is 5.28. The Morgan fingerprint density at radius 1 is 1.18 bits per heavy atom. The molecule has 0 saturated carbocycles. The van der Waals surface area contributed by atoms with E-state index in [1.54, 1.807) is 12.0 Å². The highest BCUT2D eigenvalue weighted by Gasteiger charge is 2.25. The maximum absolute atomic E-state index is 12.1. The number of nitrogens with zero attached hydrogens (tertiary/aromatic N) is 1. The number of primary amides is 1. The Kier molecular flexibility index (Phi) is 5.63. The maximum Gasteiger partial charge on any atom is 0.225 e. The van der Waals surface area contributed by atoms with Gasteiger partial charge in [0, 0.05) is 19.0 Å². The molecule has 1 aromatic rings. The number of nitrogens with two attached hydrogens (primary N) is 1. The monoisotopic (exact) mass is 306 g/mol. The molecule has 0 spiro atoms. The first-order valence-electron chi connectivity index (χ1n) is 7.44. The largest absolute Gasteiger partial charge is 0.497 e. The van der Waals surface area contributed by atoms with Crippen molar-refractivity contribution in [3.05, 3.63) is 24.3 Å². The molecule has 1 heterocycles. The summed E-state index contributed by atoms with van der Waals surface area (Å²) in [5.74, 6) is 1.16. The normalized spacial score (nSPS) is 15.4. The van der Waals surface area contributed by atoms with Crippen molar-refractivity contribution in [2.45, 2.75) is 19.3 Å². The lowest BCUT2D eigenvalue weighted by Crippen LogP contribution is -2.42. The maximum atomic E-state index is 12.1. The Balaban J connectivity index is 1.70. The minimum atomic E-state index is -0.269. The molecule has 2 N–H and O–H groups in total. The summed E-state index contributed by atoms with van der Waals surface area (Å²) < 4.78 is 10.6. The Morgan fingerprint density at radius 3 is 2.32 bits per heavy atom. The molecule has 120 valence electrons. The van der Waals surface area contributed by atoms with Crippen LogP contribution >= 0.6 is 0 Å². The number of piperidine rings is 1. The van der Waals surface area contributed by atoms with Gasteiger partial charge < -0.3 is 20.1 Å². The molecular weight excluding hydrogens is 284 g/mol. The van der Waals surface area contributed by atoms with Gasteiger partial charge in [0.25, 0.3) is 0 Å². The average Bonchev–Trinajstić information content (AvgIpc) is 2.55. The fourth-order valence-corrected chi connectivity index (χ4v) is 2.50. The predicted molar refractivity (Wildman–Crippen MR) is 81.6 cm³/mol. The highest BCUT2D eigenvalue weighted by Crippen LogP contribution is 2.19. The molecule has 22 heavy (non-hydrogen) atoms. The van der Waals surface area contributed by atoms with Gasteiger partial charge in [-0.3, -0.25) is 9.59 Å². The number of carbonyl (C=O) groups excluding carboxylic acids is 2. The van der Waals surface area contributed by atoms with Crippen molar-refractivity contribution in [3.63, 3.8) is 0 Å². The molecule has 1 fully saturated rings. The zero-order valence-corrected chi connectivity index (χ0v) is 12.8. The Labute approximate surface area is 130 Å². The number of ether oxygens (including phenoxy) is 2. The van der Waals surface area contributed by atoms with E-state index in [0.29, 0.717) is 44.7 Å². The van der Waals surface area contributed by atoms with E-state index in [1.807, 2.05) is 24.3 Å². The van der Waals surface area contributed by atoms with Crippen LogP contribution in [0.2, 0.25) is 0 Å². The van der Waals surface area contributed by atoms with Crippen LogP contribution in [0.5, 0.6) is 11.5 Å². The second-order valence-corrected chi connectivity index (χ2v) is 5.33. The van der Waals surface area contributed by atoms with Crippen LogP contribution in [0.25, 0.3) is 0 Å². The lowest BCUT2D eigenvalue weighted by atomic mass is 9.96. The standard InChI is InChI=1S/C16H22N2O4/c1-21-13-2-4-14(5-3-13)22-11-8-15(19)18-9-6-12(7-10-18)16(17)20/h2-5,12H,6-11H2,1H3,(H2,17,20). The number of rotatable bonds is 6. The summed E-state index contributed by atoms with van der Waals surface area (Å²) in [5, 5.41) is 0. The highest BCUT2D eigenvalue weighted by molar-refractivity contribution is 5.78. The second-order valence-electron chi connectivity index (χ2n) is 5.33. The molecule has 1 aromatic carbocycles. The smallest absolute Gasteiger partial charge is 0.225 e. The summed E-state index contributed by atoms with van der Waals surface area (Å²) in [4.78, 5) is 24.9. The molecule has 0 radical (unpaired) electrons. The van der Waals surface area contributed by atoms with Crippen LogP contribution < -0.4 is 15.2 Å². The fraction of sp³-hybridized carbons (Fsp3) is 0.500. The van der Waals surface area contributed by atoms with Gasteiger partial charge in [0.2, 0.25) is 11.8 Å². The third-order valence-electron chi connectivity index (χ3n) is 3.89. The van der Waals surface area contributed by atoms with Crippen LogP contribution in [-0.2, 0) is 9.59 Å². The molecule has 2 amide bonds. The van der Waals surface area contributed by atoms with Crippen LogP contribution in [0.4, 0.5) is 0 Å². The van der Waals surface area contributed by atoms with Crippen molar-refractivity contribution in [2.24, 2.45) is 11.7 Å². The molecule has 0 atom stereocenters. The number of hydrogen-bond donors (Lipinski definition) is 1. The van der Waals surface area contributed by atoms with Crippen LogP contribution in [0.1, 0.15) is 19.3 Å². The summed E-state index contributed by atoms with van der Waals surface area (Å²) >= 11 is 0. The van der Waals surface area contributed by atoms with E-state index in [9.17, 15) is 9.59 Å². The first-order chi connectivity index (χ1) is 10.6. The predicted octanol–water partition coefficient (Wildman–Crippen LogP) is 1.19. The van der Waals surface area contributed by atoms with E-state index in [2.05, 4.69) is 0 Å². The number of likely N-dealkylation sites (tertiary alicyclic amines) is 1. The molecule has 2 rings (SSSR count). The van der Waals surface area contributed by atoms with Crippen molar-refractivity contribution in [1.29, 1.82) is 0 Å². The van der Waals surface area contributed by atoms with E-state index in [1.165, 1.54) is 0 Å². The molecule has 0 unspecified atom stereocenters. The Hall–Kier alpha value is -2.24. The number of hydrogen-bond acceptors (Lipinski definition) is 4. The zero-order chi connectivity index (χ0) is 15.9. The van der Waals surface area contributed by atoms with Gasteiger partial charge in [-0.1, -0.05) is 0 Å².